The van der Waals surface area contributed by atoms with Crippen molar-refractivity contribution in [3.05, 3.63) is 59.7 Å². The van der Waals surface area contributed by atoms with Crippen molar-refractivity contribution in [2.75, 3.05) is 31.4 Å². The Hall–Kier alpha value is -3.95. The molecule has 35 heavy (non-hydrogen) atoms. The van der Waals surface area contributed by atoms with E-state index in [9.17, 15) is 18.5 Å². The molecule has 1 aromatic heterocycles. The number of anilines is 1. The molecule has 12 heteroatoms. The summed E-state index contributed by atoms with van der Waals surface area (Å²) in [5.74, 6) is 0.927. The number of hydrogen-bond donors (Lipinski definition) is 1. The fourth-order valence-electron chi connectivity index (χ4n) is 2.72. The van der Waals surface area contributed by atoms with E-state index in [-0.39, 0.29) is 17.3 Å². The maximum absolute atomic E-state index is 12.5. The number of carbonyl (C=O) groups excluding carboxylic acids is 1. The van der Waals surface area contributed by atoms with Crippen molar-refractivity contribution >= 4 is 38.5 Å². The molecule has 0 bridgehead atoms. The number of carbonyl (C=O) groups is 1. The summed E-state index contributed by atoms with van der Waals surface area (Å²) in [6, 6.07) is 16.2. The molecule has 0 saturated carbocycles. The van der Waals surface area contributed by atoms with Gasteiger partial charge in [0.25, 0.3) is 11.1 Å². The Morgan fingerprint density at radius 3 is 2.51 bits per heavy atom. The molecule has 3 aromatic rings. The van der Waals surface area contributed by atoms with Crippen LogP contribution in [0.15, 0.2) is 59.3 Å². The first-order valence-electron chi connectivity index (χ1n) is 10.3. The lowest BCUT2D eigenvalue weighted by atomic mass is 10.1. The second kappa shape index (κ2) is 12.0. The number of nitrogens with zero attached hydrogens (tertiary/aromatic N) is 3. The van der Waals surface area contributed by atoms with Gasteiger partial charge in [-0.3, -0.25) is 10.1 Å². The first kappa shape index (κ1) is 25.7. The van der Waals surface area contributed by atoms with Crippen LogP contribution >= 0.6 is 11.5 Å². The minimum absolute atomic E-state index is 0.0342. The van der Waals surface area contributed by atoms with Gasteiger partial charge in [-0.2, -0.15) is 14.6 Å². The van der Waals surface area contributed by atoms with Crippen molar-refractivity contribution in [3.63, 3.8) is 0 Å². The largest absolute Gasteiger partial charge is 0.490 e. The number of aromatic nitrogens is 2. The number of nitriles is 1. The van der Waals surface area contributed by atoms with Crippen LogP contribution in [0.4, 0.5) is 5.13 Å². The molecular formula is C23H22N4O6S2. The molecule has 0 saturated heterocycles. The van der Waals surface area contributed by atoms with Crippen LogP contribution in [0.2, 0.25) is 0 Å². The van der Waals surface area contributed by atoms with Gasteiger partial charge in [0, 0.05) is 17.8 Å². The molecule has 0 atom stereocenters. The minimum Gasteiger partial charge on any atom is -0.490 e. The summed E-state index contributed by atoms with van der Waals surface area (Å²) < 4.78 is 43.7. The first-order chi connectivity index (χ1) is 16.8. The Labute approximate surface area is 206 Å². The third-order valence-electron chi connectivity index (χ3n) is 4.26. The number of benzene rings is 2. The summed E-state index contributed by atoms with van der Waals surface area (Å²) in [5, 5.41) is 11.4. The maximum Gasteiger partial charge on any atom is 0.268 e. The number of amides is 1. The topological polar surface area (TPSA) is 140 Å². The average molecular weight is 515 g/mol. The summed E-state index contributed by atoms with van der Waals surface area (Å²) in [7, 11) is -3.61. The second-order valence-corrected chi connectivity index (χ2v) is 9.59. The van der Waals surface area contributed by atoms with Crippen molar-refractivity contribution in [2.45, 2.75) is 12.1 Å². The molecular weight excluding hydrogens is 492 g/mol. The summed E-state index contributed by atoms with van der Waals surface area (Å²) in [5.41, 5.74) is 0.315. The van der Waals surface area contributed by atoms with Crippen LogP contribution in [0.5, 0.6) is 17.2 Å². The van der Waals surface area contributed by atoms with Gasteiger partial charge in [-0.25, -0.2) is 8.42 Å². The van der Waals surface area contributed by atoms with Crippen LogP contribution < -0.4 is 19.5 Å². The molecule has 1 amide bonds. The van der Waals surface area contributed by atoms with Crippen LogP contribution in [0.3, 0.4) is 0 Å². The predicted molar refractivity (Wildman–Crippen MR) is 130 cm³/mol. The lowest BCUT2D eigenvalue weighted by Gasteiger charge is -2.13. The van der Waals surface area contributed by atoms with E-state index < -0.39 is 20.9 Å². The standard InChI is InChI=1S/C23H22N4O6S2/c1-3-31-20-14-16(9-10-19(20)33-12-11-32-18-7-5-4-6-8-18)13-17(15-24)21(28)25-22-26-23(27-34-22)35(2,29)30/h4-10,13-14H,3,11-12H2,1-2H3,(H,25,26,27,28)/b17-13-. The van der Waals surface area contributed by atoms with E-state index in [0.717, 1.165) is 12.0 Å². The van der Waals surface area contributed by atoms with Gasteiger partial charge in [0.15, 0.2) is 11.5 Å². The van der Waals surface area contributed by atoms with Crippen LogP contribution in [0, 0.1) is 11.3 Å². The summed E-state index contributed by atoms with van der Waals surface area (Å²) in [4.78, 5) is 16.2. The van der Waals surface area contributed by atoms with Gasteiger partial charge in [-0.1, -0.05) is 24.3 Å². The molecule has 1 heterocycles. The zero-order valence-corrected chi connectivity index (χ0v) is 20.6. The average Bonchev–Trinajstić information content (AvgIpc) is 3.31. The Kier molecular flexibility index (Phi) is 8.77. The molecule has 0 spiro atoms. The van der Waals surface area contributed by atoms with Gasteiger partial charge in [-0.15, -0.1) is 0 Å². The molecule has 0 aliphatic rings. The smallest absolute Gasteiger partial charge is 0.268 e. The number of rotatable bonds is 11. The van der Waals surface area contributed by atoms with Gasteiger partial charge in [0.2, 0.25) is 15.0 Å². The third kappa shape index (κ3) is 7.53. The number of sulfone groups is 1. The SMILES string of the molecule is CCOc1cc(/C=C(/C#N)C(=O)Nc2nc(S(C)(=O)=O)ns2)ccc1OCCOc1ccccc1. The minimum atomic E-state index is -3.61. The number of hydrogen-bond acceptors (Lipinski definition) is 10. The fourth-order valence-corrected chi connectivity index (χ4v) is 4.16. The molecule has 0 aliphatic heterocycles. The highest BCUT2D eigenvalue weighted by Crippen LogP contribution is 2.29. The van der Waals surface area contributed by atoms with Gasteiger partial charge in [0.05, 0.1) is 6.61 Å². The zero-order valence-electron chi connectivity index (χ0n) is 18.9. The van der Waals surface area contributed by atoms with E-state index in [2.05, 4.69) is 14.7 Å². The van der Waals surface area contributed by atoms with Crippen LogP contribution in [-0.4, -0.2) is 49.8 Å². The summed E-state index contributed by atoms with van der Waals surface area (Å²) in [6.07, 6.45) is 2.33. The molecule has 0 fully saturated rings. The molecule has 1 N–H and O–H groups in total. The van der Waals surface area contributed by atoms with Crippen molar-refractivity contribution in [1.29, 1.82) is 5.26 Å². The second-order valence-electron chi connectivity index (χ2n) is 6.93. The van der Waals surface area contributed by atoms with Crippen LogP contribution in [0.1, 0.15) is 12.5 Å². The molecule has 10 nitrogen and oxygen atoms in total. The van der Waals surface area contributed by atoms with E-state index in [0.29, 0.717) is 41.8 Å². The highest BCUT2D eigenvalue weighted by molar-refractivity contribution is 7.90. The summed E-state index contributed by atoms with van der Waals surface area (Å²) in [6.45, 7) is 2.83. The monoisotopic (exact) mass is 514 g/mol. The fraction of sp³-hybridized carbons (Fsp3) is 0.217. The zero-order chi connectivity index (χ0) is 25.3. The Morgan fingerprint density at radius 2 is 1.86 bits per heavy atom. The number of ether oxygens (including phenoxy) is 3. The molecule has 0 radical (unpaired) electrons. The number of para-hydroxylation sites is 1. The molecule has 182 valence electrons. The van der Waals surface area contributed by atoms with Crippen molar-refractivity contribution in [3.8, 4) is 23.3 Å². The quantitative estimate of drug-likeness (QED) is 0.232. The Bertz CT molecular complexity index is 1350. The predicted octanol–water partition coefficient (Wildman–Crippen LogP) is 3.34. The highest BCUT2D eigenvalue weighted by Gasteiger charge is 2.18. The van der Waals surface area contributed by atoms with E-state index in [1.165, 1.54) is 6.08 Å². The van der Waals surface area contributed by atoms with Crippen LogP contribution in [-0.2, 0) is 14.6 Å². The van der Waals surface area contributed by atoms with Gasteiger partial charge < -0.3 is 14.2 Å². The summed E-state index contributed by atoms with van der Waals surface area (Å²) >= 11 is 0.702. The molecule has 2 aromatic carbocycles. The van der Waals surface area contributed by atoms with Crippen molar-refractivity contribution in [1.82, 2.24) is 9.36 Å². The van der Waals surface area contributed by atoms with Crippen molar-refractivity contribution in [2.24, 2.45) is 0 Å². The Balaban J connectivity index is 1.68. The Morgan fingerprint density at radius 1 is 1.11 bits per heavy atom. The molecule has 0 unspecified atom stereocenters. The molecule has 3 rings (SSSR count). The van der Waals surface area contributed by atoms with E-state index in [4.69, 9.17) is 14.2 Å². The maximum atomic E-state index is 12.5. The normalized spacial score (nSPS) is 11.4. The number of nitrogens with one attached hydrogen (secondary N) is 1. The van der Waals surface area contributed by atoms with Crippen LogP contribution in [0.25, 0.3) is 6.08 Å². The van der Waals surface area contributed by atoms with Gasteiger partial charge in [0.1, 0.15) is 30.6 Å². The van der Waals surface area contributed by atoms with Gasteiger partial charge >= 0.3 is 0 Å². The highest BCUT2D eigenvalue weighted by atomic mass is 32.2. The molecule has 0 aliphatic carbocycles. The first-order valence-corrected chi connectivity index (χ1v) is 13.0. The third-order valence-corrected chi connectivity index (χ3v) is 5.85. The van der Waals surface area contributed by atoms with E-state index >= 15 is 0 Å². The van der Waals surface area contributed by atoms with Crippen molar-refractivity contribution < 1.29 is 27.4 Å². The lowest BCUT2D eigenvalue weighted by molar-refractivity contribution is -0.112. The van der Waals surface area contributed by atoms with E-state index in [1.54, 1.807) is 18.2 Å². The van der Waals surface area contributed by atoms with E-state index in [1.807, 2.05) is 43.3 Å². The lowest BCUT2D eigenvalue weighted by Crippen LogP contribution is -2.13. The van der Waals surface area contributed by atoms with Gasteiger partial charge in [-0.05, 0) is 42.8 Å².